The molecule has 1 saturated carbocycles. The van der Waals surface area contributed by atoms with Crippen molar-refractivity contribution in [1.29, 1.82) is 0 Å². The molecule has 460 valence electrons. The summed E-state index contributed by atoms with van der Waals surface area (Å²) in [4.78, 5) is 63.9. The van der Waals surface area contributed by atoms with E-state index in [-0.39, 0.29) is 47.8 Å². The summed E-state index contributed by atoms with van der Waals surface area (Å²) in [6.07, 6.45) is 10.3. The second-order valence-corrected chi connectivity index (χ2v) is 23.1. The molecule has 1 aromatic heterocycles. The molecule has 3 saturated heterocycles. The molecule has 18 nitrogen and oxygen atoms in total. The summed E-state index contributed by atoms with van der Waals surface area (Å²) < 4.78 is 40.5. The Bertz CT molecular complexity index is 2750. The third-order valence-corrected chi connectivity index (χ3v) is 17.5. The average molecular weight is 1160 g/mol. The zero-order valence-electron chi connectivity index (χ0n) is 50.9. The van der Waals surface area contributed by atoms with Gasteiger partial charge in [-0.15, -0.1) is 0 Å². The molecular weight excluding hydrogens is 1070 g/mol. The number of nitrogens with one attached hydrogen (secondary N) is 4. The zero-order chi connectivity index (χ0) is 59.2. The third kappa shape index (κ3) is 18.3. The maximum Gasteiger partial charge on any atom is 0.253 e. The van der Waals surface area contributed by atoms with Gasteiger partial charge >= 0.3 is 0 Å². The standard InChI is InChI=1S/C66H95N7O11/c1-7-72(55-24-29-78-30-25-55)60-43-54(42-58(48(60)4)64(75)68-44-59-46(2)41-47(3)69-65(59)76)51-15-19-57(20-16-51)84-40-38-82-36-34-80-32-31-79-33-35-81-37-39-83-56-17-13-50(14-18-56)21-26-71-27-22-52-23-28-73(61(52)45-71)66(77)62(53-11-9-8-10-12-53)70-63(74)49(5)67-6/h13-20,41-43,49,52-53,55,61-62,67H,7-12,21-40,44-45H2,1-6H3,(H,68,75)(H,69,76)(H,70,74)/t49-,52?,61?,62-/m0/s1. The van der Waals surface area contributed by atoms with Gasteiger partial charge in [0.25, 0.3) is 11.5 Å². The Morgan fingerprint density at radius 1 is 0.738 bits per heavy atom. The molecule has 4 aliphatic rings. The molecule has 4 heterocycles. The molecule has 84 heavy (non-hydrogen) atoms. The van der Waals surface area contributed by atoms with E-state index in [4.69, 9.17) is 33.2 Å². The lowest BCUT2D eigenvalue weighted by Crippen LogP contribution is -2.58. The second kappa shape index (κ2) is 33.2. The lowest BCUT2D eigenvalue weighted by molar-refractivity contribution is -0.140. The van der Waals surface area contributed by atoms with Gasteiger partial charge in [-0.3, -0.25) is 19.2 Å². The fourth-order valence-electron chi connectivity index (χ4n) is 12.5. The van der Waals surface area contributed by atoms with Gasteiger partial charge in [0, 0.05) is 80.5 Å². The molecule has 3 amide bonds. The van der Waals surface area contributed by atoms with Crippen molar-refractivity contribution >= 4 is 23.4 Å². The molecule has 4 atom stereocenters. The molecule has 4 aromatic rings. The number of hydrogen-bond acceptors (Lipinski definition) is 14. The highest BCUT2D eigenvalue weighted by Crippen LogP contribution is 2.37. The molecule has 18 heteroatoms. The maximum atomic E-state index is 14.2. The van der Waals surface area contributed by atoms with E-state index in [1.165, 1.54) is 12.0 Å². The molecule has 2 unspecified atom stereocenters. The number of aromatic nitrogens is 1. The van der Waals surface area contributed by atoms with Crippen LogP contribution in [0.25, 0.3) is 11.1 Å². The number of anilines is 1. The van der Waals surface area contributed by atoms with Gasteiger partial charge in [0.15, 0.2) is 0 Å². The zero-order valence-corrected chi connectivity index (χ0v) is 50.9. The molecule has 0 bridgehead atoms. The fourth-order valence-corrected chi connectivity index (χ4v) is 12.5. The maximum absolute atomic E-state index is 14.2. The van der Waals surface area contributed by atoms with Gasteiger partial charge in [-0.25, -0.2) is 0 Å². The Morgan fingerprint density at radius 3 is 1.95 bits per heavy atom. The number of benzene rings is 3. The van der Waals surface area contributed by atoms with E-state index >= 15 is 0 Å². The van der Waals surface area contributed by atoms with Crippen LogP contribution in [0.2, 0.25) is 0 Å². The highest BCUT2D eigenvalue weighted by atomic mass is 16.6. The van der Waals surface area contributed by atoms with Crippen LogP contribution in [0.1, 0.15) is 110 Å². The van der Waals surface area contributed by atoms with E-state index in [9.17, 15) is 19.2 Å². The number of likely N-dealkylation sites (N-methyl/N-ethyl adjacent to an activating group) is 1. The van der Waals surface area contributed by atoms with Crippen molar-refractivity contribution in [3.05, 3.63) is 111 Å². The van der Waals surface area contributed by atoms with Gasteiger partial charge in [-0.1, -0.05) is 43.5 Å². The predicted molar refractivity (Wildman–Crippen MR) is 327 cm³/mol. The minimum Gasteiger partial charge on any atom is -0.491 e. The number of likely N-dealkylation sites (tertiary alicyclic amines) is 2. The number of aromatic amines is 1. The molecule has 4 N–H and O–H groups in total. The van der Waals surface area contributed by atoms with E-state index in [1.807, 2.05) is 76.2 Å². The van der Waals surface area contributed by atoms with Crippen molar-refractivity contribution < 1.29 is 47.5 Å². The van der Waals surface area contributed by atoms with Crippen LogP contribution in [0, 0.1) is 32.6 Å². The number of hydrogen-bond donors (Lipinski definition) is 4. The Morgan fingerprint density at radius 2 is 1.35 bits per heavy atom. The molecule has 8 rings (SSSR count). The van der Waals surface area contributed by atoms with Crippen LogP contribution in [-0.2, 0) is 46.2 Å². The minimum atomic E-state index is -0.443. The minimum absolute atomic E-state index is 0.0954. The largest absolute Gasteiger partial charge is 0.491 e. The summed E-state index contributed by atoms with van der Waals surface area (Å²) in [5.74, 6) is 2.05. The van der Waals surface area contributed by atoms with E-state index in [2.05, 4.69) is 60.8 Å². The number of H-pyrrole nitrogens is 1. The lowest BCUT2D eigenvalue weighted by atomic mass is 9.83. The van der Waals surface area contributed by atoms with Crippen molar-refractivity contribution in [1.82, 2.24) is 30.7 Å². The number of pyridine rings is 1. The van der Waals surface area contributed by atoms with E-state index in [0.29, 0.717) is 102 Å². The van der Waals surface area contributed by atoms with Crippen LogP contribution in [0.15, 0.2) is 71.5 Å². The van der Waals surface area contributed by atoms with E-state index in [0.717, 1.165) is 136 Å². The Hall–Kier alpha value is -5.86. The number of nitrogens with zero attached hydrogens (tertiary/aromatic N) is 3. The SMILES string of the molecule is CCN(c1cc(-c2ccc(OCCOCCOCCOCCOCCOc3ccc(CCN4CCC5CCN(C(=O)[C@@H](NC(=O)[C@H](C)NC)C6CCCCC6)C5C4)cc3)cc2)cc(C(=O)NCc2c(C)cc(C)[nH]c2=O)c1C)C1CCOCC1. The smallest absolute Gasteiger partial charge is 0.253 e. The Kier molecular flexibility index (Phi) is 25.3. The number of aryl methyl sites for hydroxylation is 2. The lowest BCUT2D eigenvalue weighted by Gasteiger charge is -2.41. The van der Waals surface area contributed by atoms with E-state index in [1.54, 1.807) is 7.05 Å². The predicted octanol–water partition coefficient (Wildman–Crippen LogP) is 7.56. The van der Waals surface area contributed by atoms with Crippen LogP contribution in [-0.4, -0.2) is 176 Å². The first kappa shape index (κ1) is 64.1. The molecule has 3 aromatic carbocycles. The monoisotopic (exact) mass is 1160 g/mol. The summed E-state index contributed by atoms with van der Waals surface area (Å²) in [6, 6.07) is 22.0. The number of carbonyl (C=O) groups is 3. The summed E-state index contributed by atoms with van der Waals surface area (Å²) in [5.41, 5.74) is 7.59. The quantitative estimate of drug-likeness (QED) is 0.0350. The Balaban J connectivity index is 0.661. The second-order valence-electron chi connectivity index (χ2n) is 23.1. The molecule has 0 radical (unpaired) electrons. The Labute approximate surface area is 498 Å². The first-order valence-corrected chi connectivity index (χ1v) is 31.1. The van der Waals surface area contributed by atoms with Crippen molar-refractivity contribution in [2.75, 3.05) is 124 Å². The first-order chi connectivity index (χ1) is 40.9. The molecule has 1 aliphatic carbocycles. The van der Waals surface area contributed by atoms with Crippen molar-refractivity contribution in [2.24, 2.45) is 11.8 Å². The molecule has 4 fully saturated rings. The van der Waals surface area contributed by atoms with Crippen molar-refractivity contribution in [3.63, 3.8) is 0 Å². The van der Waals surface area contributed by atoms with Gasteiger partial charge in [-0.2, -0.15) is 0 Å². The van der Waals surface area contributed by atoms with Crippen LogP contribution in [0.3, 0.4) is 0 Å². The molecule has 3 aliphatic heterocycles. The summed E-state index contributed by atoms with van der Waals surface area (Å²) in [6.45, 7) is 20.2. The first-order valence-electron chi connectivity index (χ1n) is 31.1. The van der Waals surface area contributed by atoms with Gasteiger partial charge in [-0.05, 0) is 175 Å². The number of rotatable bonds is 32. The third-order valence-electron chi connectivity index (χ3n) is 17.5. The van der Waals surface area contributed by atoms with Gasteiger partial charge in [0.2, 0.25) is 11.8 Å². The van der Waals surface area contributed by atoms with Gasteiger partial charge < -0.3 is 68.8 Å². The van der Waals surface area contributed by atoms with Crippen molar-refractivity contribution in [3.8, 4) is 22.6 Å². The fraction of sp³-hybridized carbons (Fsp3) is 0.606. The van der Waals surface area contributed by atoms with Gasteiger partial charge in [0.05, 0.1) is 58.9 Å². The average Bonchev–Trinajstić information content (AvgIpc) is 2.87. The van der Waals surface area contributed by atoms with Crippen LogP contribution in [0.4, 0.5) is 5.69 Å². The number of ether oxygens (including phenoxy) is 7. The molecule has 0 spiro atoms. The van der Waals surface area contributed by atoms with Crippen LogP contribution >= 0.6 is 0 Å². The van der Waals surface area contributed by atoms with Gasteiger partial charge in [0.1, 0.15) is 30.8 Å². The molecular formula is C66H95N7O11. The number of amides is 3. The van der Waals surface area contributed by atoms with Crippen LogP contribution in [0.5, 0.6) is 11.5 Å². The highest BCUT2D eigenvalue weighted by molar-refractivity contribution is 5.99. The van der Waals surface area contributed by atoms with Crippen LogP contribution < -0.4 is 35.9 Å². The normalized spacial score (nSPS) is 18.5. The summed E-state index contributed by atoms with van der Waals surface area (Å²) >= 11 is 0. The number of carbonyl (C=O) groups excluding carboxylic acids is 3. The summed E-state index contributed by atoms with van der Waals surface area (Å²) in [7, 11) is 1.78. The topological polar surface area (TPSA) is 194 Å². The summed E-state index contributed by atoms with van der Waals surface area (Å²) in [5, 5.41) is 9.25. The number of fused-ring (bicyclic) bond motifs is 1. The van der Waals surface area contributed by atoms with Crippen molar-refractivity contribution in [2.45, 2.75) is 130 Å². The van der Waals surface area contributed by atoms with E-state index < -0.39 is 6.04 Å². The number of piperidine rings is 1. The highest BCUT2D eigenvalue weighted by Gasteiger charge is 2.44.